The number of esters is 1. The van der Waals surface area contributed by atoms with E-state index in [1.165, 1.54) is 26.4 Å². The molecule has 134 valence electrons. The molecule has 0 aliphatic heterocycles. The van der Waals surface area contributed by atoms with E-state index in [-0.39, 0.29) is 18.1 Å². The van der Waals surface area contributed by atoms with Crippen LogP contribution in [0, 0.1) is 6.92 Å². The summed E-state index contributed by atoms with van der Waals surface area (Å²) >= 11 is 0. The molecule has 0 aromatic heterocycles. The molecule has 2 rings (SSSR count). The average molecular weight is 354 g/mol. The van der Waals surface area contributed by atoms with Crippen LogP contribution in [0.4, 0.5) is 13.2 Å². The van der Waals surface area contributed by atoms with Crippen LogP contribution in [0.5, 0.6) is 5.75 Å². The molecule has 4 nitrogen and oxygen atoms in total. The van der Waals surface area contributed by atoms with Crippen LogP contribution in [0.15, 0.2) is 36.4 Å². The minimum atomic E-state index is -4.43. The highest BCUT2D eigenvalue weighted by Crippen LogP contribution is 2.35. The summed E-state index contributed by atoms with van der Waals surface area (Å²) < 4.78 is 53.3. The van der Waals surface area contributed by atoms with Crippen molar-refractivity contribution in [3.8, 4) is 16.9 Å². The second kappa shape index (κ2) is 7.57. The Kier molecular flexibility index (Phi) is 5.69. The number of carbonyl (C=O) groups excluding carboxylic acids is 1. The van der Waals surface area contributed by atoms with Crippen LogP contribution in [-0.2, 0) is 15.7 Å². The third kappa shape index (κ3) is 4.30. The van der Waals surface area contributed by atoms with Crippen LogP contribution in [0.1, 0.15) is 21.5 Å². The zero-order valence-electron chi connectivity index (χ0n) is 13.9. The molecule has 0 aliphatic rings. The number of hydrogen-bond acceptors (Lipinski definition) is 4. The van der Waals surface area contributed by atoms with E-state index in [4.69, 9.17) is 14.2 Å². The highest BCUT2D eigenvalue weighted by molar-refractivity contribution is 6.00. The zero-order valence-corrected chi connectivity index (χ0v) is 13.9. The number of benzene rings is 2. The summed E-state index contributed by atoms with van der Waals surface area (Å²) in [6, 6.07) is 7.88. The number of methoxy groups -OCH3 is 2. The first kappa shape index (κ1) is 18.8. The molecule has 0 spiro atoms. The lowest BCUT2D eigenvalue weighted by molar-refractivity contribution is -0.137. The molecule has 0 aliphatic carbocycles. The number of ether oxygens (including phenoxy) is 3. The third-order valence-corrected chi connectivity index (χ3v) is 3.49. The Balaban J connectivity index is 2.59. The van der Waals surface area contributed by atoms with Crippen LogP contribution in [0.2, 0.25) is 0 Å². The van der Waals surface area contributed by atoms with Gasteiger partial charge in [-0.1, -0.05) is 18.2 Å². The number of aryl methyl sites for hydroxylation is 1. The van der Waals surface area contributed by atoms with Crippen molar-refractivity contribution in [2.45, 2.75) is 13.1 Å². The monoisotopic (exact) mass is 354 g/mol. The molecule has 7 heteroatoms. The van der Waals surface area contributed by atoms with Gasteiger partial charge in [-0.15, -0.1) is 0 Å². The van der Waals surface area contributed by atoms with Gasteiger partial charge in [-0.05, 0) is 36.2 Å². The molecule has 25 heavy (non-hydrogen) atoms. The van der Waals surface area contributed by atoms with Gasteiger partial charge in [0.15, 0.2) is 6.79 Å². The molecule has 2 aromatic rings. The second-order valence-corrected chi connectivity index (χ2v) is 5.30. The molecule has 0 saturated heterocycles. The first-order valence-electron chi connectivity index (χ1n) is 7.30. The molecule has 0 bridgehead atoms. The SMILES string of the molecule is COCOc1cc(C)cc(-c2ccc(C(F)(F)F)cc2)c1C(=O)OC. The van der Waals surface area contributed by atoms with Crippen LogP contribution in [0.25, 0.3) is 11.1 Å². The Morgan fingerprint density at radius 2 is 1.72 bits per heavy atom. The fourth-order valence-corrected chi connectivity index (χ4v) is 2.37. The van der Waals surface area contributed by atoms with Crippen molar-refractivity contribution in [3.05, 3.63) is 53.1 Å². The molecule has 2 aromatic carbocycles. The summed E-state index contributed by atoms with van der Waals surface area (Å²) in [4.78, 5) is 12.2. The molecule has 0 unspecified atom stereocenters. The minimum Gasteiger partial charge on any atom is -0.467 e. The summed E-state index contributed by atoms with van der Waals surface area (Å²) in [5.41, 5.74) is 1.00. The maximum atomic E-state index is 12.7. The van der Waals surface area contributed by atoms with Gasteiger partial charge in [0.1, 0.15) is 11.3 Å². The molecular weight excluding hydrogens is 337 g/mol. The molecule has 0 N–H and O–H groups in total. The van der Waals surface area contributed by atoms with Crippen molar-refractivity contribution in [2.75, 3.05) is 21.0 Å². The van der Waals surface area contributed by atoms with E-state index in [0.29, 0.717) is 11.1 Å². The maximum Gasteiger partial charge on any atom is 0.416 e. The van der Waals surface area contributed by atoms with Crippen molar-refractivity contribution in [2.24, 2.45) is 0 Å². The lowest BCUT2D eigenvalue weighted by Crippen LogP contribution is -2.10. The van der Waals surface area contributed by atoms with Crippen molar-refractivity contribution < 1.29 is 32.2 Å². The van der Waals surface area contributed by atoms with Gasteiger partial charge >= 0.3 is 12.1 Å². The van der Waals surface area contributed by atoms with Gasteiger partial charge in [-0.2, -0.15) is 13.2 Å². The Labute approximate surface area is 143 Å². The van der Waals surface area contributed by atoms with Gasteiger partial charge < -0.3 is 14.2 Å². The number of carbonyl (C=O) groups is 1. The van der Waals surface area contributed by atoms with Gasteiger partial charge in [0.2, 0.25) is 0 Å². The van der Waals surface area contributed by atoms with Crippen molar-refractivity contribution in [1.29, 1.82) is 0 Å². The third-order valence-electron chi connectivity index (χ3n) is 3.49. The van der Waals surface area contributed by atoms with Gasteiger partial charge in [-0.25, -0.2) is 4.79 Å². The molecule has 0 fully saturated rings. The van der Waals surface area contributed by atoms with Crippen molar-refractivity contribution in [3.63, 3.8) is 0 Å². The second-order valence-electron chi connectivity index (χ2n) is 5.30. The Bertz CT molecular complexity index is 752. The van der Waals surface area contributed by atoms with E-state index >= 15 is 0 Å². The Hall–Kier alpha value is -2.54. The Morgan fingerprint density at radius 3 is 2.24 bits per heavy atom. The molecule has 0 saturated carbocycles. The normalized spacial score (nSPS) is 11.3. The van der Waals surface area contributed by atoms with E-state index in [0.717, 1.165) is 17.7 Å². The number of hydrogen-bond donors (Lipinski definition) is 0. The first-order chi connectivity index (χ1) is 11.8. The summed E-state index contributed by atoms with van der Waals surface area (Å²) in [6.45, 7) is 1.70. The predicted octanol–water partition coefficient (Wildman–Crippen LogP) is 4.45. The Morgan fingerprint density at radius 1 is 1.08 bits per heavy atom. The molecule has 0 amide bonds. The van der Waals surface area contributed by atoms with Crippen LogP contribution in [-0.4, -0.2) is 27.0 Å². The predicted molar refractivity (Wildman–Crippen MR) is 85.5 cm³/mol. The van der Waals surface area contributed by atoms with E-state index in [1.54, 1.807) is 19.1 Å². The number of rotatable bonds is 5. The highest BCUT2D eigenvalue weighted by atomic mass is 19.4. The summed E-state index contributed by atoms with van der Waals surface area (Å²) in [5, 5.41) is 0. The fraction of sp³-hybridized carbons (Fsp3) is 0.278. The van der Waals surface area contributed by atoms with Gasteiger partial charge in [0.05, 0.1) is 12.7 Å². The summed E-state index contributed by atoms with van der Waals surface area (Å²) in [7, 11) is 2.66. The average Bonchev–Trinajstić information content (AvgIpc) is 2.58. The lowest BCUT2D eigenvalue weighted by atomic mass is 9.95. The smallest absolute Gasteiger partial charge is 0.416 e. The summed E-state index contributed by atoms with van der Waals surface area (Å²) in [6.07, 6.45) is -4.43. The zero-order chi connectivity index (χ0) is 18.6. The quantitative estimate of drug-likeness (QED) is 0.588. The molecule has 0 heterocycles. The van der Waals surface area contributed by atoms with Gasteiger partial charge in [-0.3, -0.25) is 0 Å². The lowest BCUT2D eigenvalue weighted by Gasteiger charge is -2.16. The first-order valence-corrected chi connectivity index (χ1v) is 7.30. The van der Waals surface area contributed by atoms with E-state index in [2.05, 4.69) is 0 Å². The van der Waals surface area contributed by atoms with E-state index in [9.17, 15) is 18.0 Å². The highest BCUT2D eigenvalue weighted by Gasteiger charge is 2.30. The minimum absolute atomic E-state index is 0.0834. The van der Waals surface area contributed by atoms with E-state index < -0.39 is 17.7 Å². The van der Waals surface area contributed by atoms with Gasteiger partial charge in [0, 0.05) is 12.7 Å². The number of halogens is 3. The van der Waals surface area contributed by atoms with Crippen molar-refractivity contribution >= 4 is 5.97 Å². The molecular formula is C18H17F3O4. The van der Waals surface area contributed by atoms with Crippen LogP contribution in [0.3, 0.4) is 0 Å². The van der Waals surface area contributed by atoms with Crippen molar-refractivity contribution in [1.82, 2.24) is 0 Å². The van der Waals surface area contributed by atoms with Crippen LogP contribution < -0.4 is 4.74 Å². The maximum absolute atomic E-state index is 12.7. The summed E-state index contributed by atoms with van der Waals surface area (Å²) in [5.74, 6) is -0.412. The number of alkyl halides is 3. The molecule has 0 radical (unpaired) electrons. The fourth-order valence-electron chi connectivity index (χ4n) is 2.37. The standard InChI is InChI=1S/C18H17F3O4/c1-11-8-14(12-4-6-13(7-5-12)18(19,20)21)16(17(22)24-3)15(9-11)25-10-23-2/h4-9H,10H2,1-3H3. The topological polar surface area (TPSA) is 44.8 Å². The van der Waals surface area contributed by atoms with Gasteiger partial charge in [0.25, 0.3) is 0 Å². The largest absolute Gasteiger partial charge is 0.467 e. The molecule has 0 atom stereocenters. The van der Waals surface area contributed by atoms with E-state index in [1.807, 2.05) is 0 Å². The van der Waals surface area contributed by atoms with Crippen LogP contribution >= 0.6 is 0 Å².